The molecule has 6 aromatic rings. The lowest BCUT2D eigenvalue weighted by Crippen LogP contribution is -2.04. The van der Waals surface area contributed by atoms with Crippen LogP contribution in [-0.2, 0) is 40.5 Å². The molecule has 0 saturated heterocycles. The molecule has 8 N–H and O–H groups in total. The fraction of sp³-hybridized carbons (Fsp3) is 0. The van der Waals surface area contributed by atoms with Crippen LogP contribution >= 0.6 is 0 Å². The molecule has 0 saturated carbocycles. The van der Waals surface area contributed by atoms with E-state index in [4.69, 9.17) is 5.73 Å². The predicted octanol–water partition coefficient (Wildman–Crippen LogP) is 7.22. The van der Waals surface area contributed by atoms with E-state index in [1.165, 1.54) is 54.6 Å². The van der Waals surface area contributed by atoms with Gasteiger partial charge in [-0.25, -0.2) is 0 Å². The Balaban J connectivity index is 1.52. The lowest BCUT2D eigenvalue weighted by atomic mass is 10.0. The first-order valence-electron chi connectivity index (χ1n) is 15.3. The second-order valence-corrected chi connectivity index (χ2v) is 17.2. The van der Waals surface area contributed by atoms with Gasteiger partial charge in [-0.2, -0.15) is 38.8 Å². The van der Waals surface area contributed by atoms with Gasteiger partial charge in [0, 0.05) is 10.8 Å². The Morgan fingerprint density at radius 2 is 1.05 bits per heavy atom. The van der Waals surface area contributed by atoms with Gasteiger partial charge in [-0.05, 0) is 60.7 Å². The number of benzene rings is 6. The van der Waals surface area contributed by atoms with Gasteiger partial charge < -0.3 is 15.9 Å². The van der Waals surface area contributed by atoms with Gasteiger partial charge in [0.15, 0.2) is 5.75 Å². The first kappa shape index (κ1) is 40.3. The number of fused-ring (bicyclic) bond motifs is 2. The molecule has 0 aromatic heterocycles. The average Bonchev–Trinajstić information content (AvgIpc) is 3.12. The molecule has 0 radical (unpaired) electrons. The van der Waals surface area contributed by atoms with Crippen molar-refractivity contribution in [2.24, 2.45) is 30.7 Å². The van der Waals surface area contributed by atoms with Crippen molar-refractivity contribution in [1.82, 2.24) is 0 Å². The maximum absolute atomic E-state index is 12.6. The van der Waals surface area contributed by atoms with Crippen LogP contribution in [0.3, 0.4) is 0 Å². The summed E-state index contributed by atoms with van der Waals surface area (Å²) >= 11 is 0. The second-order valence-electron chi connectivity index (χ2n) is 11.6. The van der Waals surface area contributed by atoms with Gasteiger partial charge in [0.2, 0.25) is 0 Å². The first-order chi connectivity index (χ1) is 26.6. The quantitative estimate of drug-likeness (QED) is 0.0406. The smallest absolute Gasteiger partial charge is 0.296 e. The van der Waals surface area contributed by atoms with Gasteiger partial charge in [0.05, 0.1) is 38.4 Å². The third-order valence-electron chi connectivity index (χ3n) is 7.90. The molecule has 0 bridgehead atoms. The molecule has 0 aliphatic carbocycles. The minimum Gasteiger partial charge on any atom is -0.507 e. The van der Waals surface area contributed by atoms with Crippen LogP contribution in [0.2, 0.25) is 0 Å². The Labute approximate surface area is 321 Å². The van der Waals surface area contributed by atoms with Crippen LogP contribution in [0.15, 0.2) is 141 Å². The van der Waals surface area contributed by atoms with Crippen LogP contribution in [0.5, 0.6) is 11.5 Å². The summed E-state index contributed by atoms with van der Waals surface area (Å²) in [6.45, 7) is 0. The zero-order chi connectivity index (χ0) is 41.7. The molecule has 25 heteroatoms. The van der Waals surface area contributed by atoms with Gasteiger partial charge in [-0.1, -0.05) is 30.3 Å². The number of azo groups is 3. The Morgan fingerprint density at radius 1 is 0.456 bits per heavy atom. The molecule has 6 aromatic carbocycles. The molecule has 57 heavy (non-hydrogen) atoms. The molecule has 0 atom stereocenters. The predicted molar refractivity (Wildman–Crippen MR) is 200 cm³/mol. The normalized spacial score (nSPS) is 13.1. The molecule has 0 aliphatic rings. The van der Waals surface area contributed by atoms with Crippen molar-refractivity contribution < 1.29 is 62.1 Å². The van der Waals surface area contributed by atoms with Crippen molar-refractivity contribution in [2.45, 2.75) is 19.6 Å². The van der Waals surface area contributed by atoms with Gasteiger partial charge in [-0.3, -0.25) is 18.2 Å². The zero-order valence-electron chi connectivity index (χ0n) is 28.0. The Bertz CT molecular complexity index is 3230. The van der Waals surface area contributed by atoms with Crippen molar-refractivity contribution in [1.29, 1.82) is 0 Å². The second kappa shape index (κ2) is 14.6. The molecular weight excluding hydrogens is 835 g/mol. The molecule has 6 rings (SSSR count). The van der Waals surface area contributed by atoms with Crippen molar-refractivity contribution in [3.63, 3.8) is 0 Å². The molecule has 294 valence electrons. The number of hydrogen-bond acceptors (Lipinski definition) is 17. The monoisotopic (exact) mass is 857 g/mol. The highest BCUT2D eigenvalue weighted by atomic mass is 32.2. The molecular formula is C32H23N7O14S4. The molecule has 0 amide bonds. The Morgan fingerprint density at radius 3 is 1.72 bits per heavy atom. The molecule has 0 spiro atoms. The molecule has 0 aliphatic heterocycles. The number of nitrogens with zero attached hydrogens (tertiary/aromatic N) is 6. The highest BCUT2D eigenvalue weighted by Gasteiger charge is 2.29. The van der Waals surface area contributed by atoms with E-state index in [9.17, 15) is 62.1 Å². The van der Waals surface area contributed by atoms with Gasteiger partial charge in [0.25, 0.3) is 40.5 Å². The standard InChI is InChI=1S/C32H23N7O14S4/c33-30-23(38-37-22-12-11-20(18-7-4-9-24(40)28(18)22)35-36-21-8-1-2-10-25(21)55(45,46)47)15-26(56(48,49)50)19-14-27(57(51,52)53)31(32(41)29(19)30)39-34-16-5-3-6-17(13-16)54(42,43)44/h1-15,40-41H,33H2,(H,42,43,44)(H,45,46,47)(H,48,49,50)(H,51,52,53). The SMILES string of the molecule is Nc1c(N=Nc2ccc(N=Nc3ccccc3S(=O)(=O)O)c3cccc(O)c23)cc(S(=O)(=O)O)c2cc(S(=O)(=O)O)c(N=Nc3cccc(S(=O)(=O)O)c3)c(O)c12. The van der Waals surface area contributed by atoms with E-state index in [-0.39, 0.29) is 39.3 Å². The molecule has 0 heterocycles. The number of nitrogens with two attached hydrogens (primary N) is 1. The topological polar surface area (TPSA) is 358 Å². The van der Waals surface area contributed by atoms with Crippen LogP contribution in [0.1, 0.15) is 0 Å². The number of phenolic OH excluding ortho intramolecular Hbond substituents is 2. The van der Waals surface area contributed by atoms with Crippen molar-refractivity contribution in [3.05, 3.63) is 91.0 Å². The average molecular weight is 858 g/mol. The summed E-state index contributed by atoms with van der Waals surface area (Å²) in [5, 5.41) is 44.3. The molecule has 0 unspecified atom stereocenters. The van der Waals surface area contributed by atoms with E-state index < -0.39 is 93.6 Å². The summed E-state index contributed by atoms with van der Waals surface area (Å²) in [4.78, 5) is -3.44. The largest absolute Gasteiger partial charge is 0.507 e. The maximum atomic E-state index is 12.6. The number of nitrogen functional groups attached to an aromatic ring is 1. The minimum atomic E-state index is -5.36. The minimum absolute atomic E-state index is 0.00321. The summed E-state index contributed by atoms with van der Waals surface area (Å²) in [5.74, 6) is -1.57. The van der Waals surface area contributed by atoms with Crippen LogP contribution in [-0.4, -0.2) is 62.1 Å². The summed E-state index contributed by atoms with van der Waals surface area (Å²) in [6.07, 6.45) is 0. The van der Waals surface area contributed by atoms with E-state index >= 15 is 0 Å². The number of rotatable bonds is 10. The summed E-state index contributed by atoms with van der Waals surface area (Å²) in [6, 6.07) is 17.3. The Kier molecular flexibility index (Phi) is 10.4. The fourth-order valence-corrected chi connectivity index (χ4v) is 7.90. The lowest BCUT2D eigenvalue weighted by Gasteiger charge is -2.14. The van der Waals surface area contributed by atoms with Crippen LogP contribution in [0, 0.1) is 0 Å². The zero-order valence-corrected chi connectivity index (χ0v) is 31.3. The van der Waals surface area contributed by atoms with E-state index in [1.807, 2.05) is 0 Å². The maximum Gasteiger partial charge on any atom is 0.296 e. The number of aromatic hydroxyl groups is 2. The highest BCUT2D eigenvalue weighted by Crippen LogP contribution is 2.49. The lowest BCUT2D eigenvalue weighted by molar-refractivity contribution is 0.471. The number of phenols is 2. The van der Waals surface area contributed by atoms with E-state index in [0.717, 1.165) is 24.3 Å². The fourth-order valence-electron chi connectivity index (χ4n) is 5.41. The molecule has 0 fully saturated rings. The van der Waals surface area contributed by atoms with Crippen molar-refractivity contribution in [3.8, 4) is 11.5 Å². The van der Waals surface area contributed by atoms with Crippen LogP contribution in [0.4, 0.5) is 39.8 Å². The Hall–Kier alpha value is -6.32. The third kappa shape index (κ3) is 8.30. The summed E-state index contributed by atoms with van der Waals surface area (Å²) < 4.78 is 136. The van der Waals surface area contributed by atoms with Gasteiger partial charge in [-0.15, -0.1) is 25.6 Å². The number of hydrogen-bond donors (Lipinski definition) is 7. The summed E-state index contributed by atoms with van der Waals surface area (Å²) in [5.41, 5.74) is 3.61. The first-order valence-corrected chi connectivity index (χ1v) is 21.0. The van der Waals surface area contributed by atoms with Crippen molar-refractivity contribution >= 4 is 102 Å². The molecule has 21 nitrogen and oxygen atoms in total. The van der Waals surface area contributed by atoms with Gasteiger partial charge in [0.1, 0.15) is 37.5 Å². The van der Waals surface area contributed by atoms with Crippen LogP contribution < -0.4 is 5.73 Å². The van der Waals surface area contributed by atoms with Crippen molar-refractivity contribution in [2.75, 3.05) is 5.73 Å². The third-order valence-corrected chi connectivity index (χ3v) is 11.4. The van der Waals surface area contributed by atoms with Gasteiger partial charge >= 0.3 is 0 Å². The van der Waals surface area contributed by atoms with E-state index in [1.54, 1.807) is 0 Å². The van der Waals surface area contributed by atoms with E-state index in [2.05, 4.69) is 30.7 Å². The number of anilines is 1. The van der Waals surface area contributed by atoms with Crippen LogP contribution in [0.25, 0.3) is 21.5 Å². The highest BCUT2D eigenvalue weighted by molar-refractivity contribution is 7.86. The van der Waals surface area contributed by atoms with E-state index in [0.29, 0.717) is 12.1 Å². The summed E-state index contributed by atoms with van der Waals surface area (Å²) in [7, 11) is -20.0.